The molecule has 1 aromatic heterocycles. The number of nitrogens with zero attached hydrogens (tertiary/aromatic N) is 2. The zero-order valence-corrected chi connectivity index (χ0v) is 13.4. The van der Waals surface area contributed by atoms with Crippen LogP contribution in [0, 0.1) is 19.3 Å². The van der Waals surface area contributed by atoms with Crippen molar-refractivity contribution in [3.05, 3.63) is 11.3 Å². The van der Waals surface area contributed by atoms with Gasteiger partial charge in [0.1, 0.15) is 6.04 Å². The van der Waals surface area contributed by atoms with Crippen molar-refractivity contribution in [2.75, 3.05) is 11.9 Å². The summed E-state index contributed by atoms with van der Waals surface area (Å²) in [5.74, 6) is 0.419. The number of anilines is 1. The van der Waals surface area contributed by atoms with E-state index in [4.69, 9.17) is 0 Å². The van der Waals surface area contributed by atoms with Gasteiger partial charge in [0.15, 0.2) is 5.82 Å². The van der Waals surface area contributed by atoms with E-state index in [9.17, 15) is 9.59 Å². The maximum atomic E-state index is 12.5. The van der Waals surface area contributed by atoms with Crippen molar-refractivity contribution in [2.24, 2.45) is 5.41 Å². The minimum absolute atomic E-state index is 0.0232. The second-order valence-electron chi connectivity index (χ2n) is 6.72. The Bertz CT molecular complexity index is 557. The summed E-state index contributed by atoms with van der Waals surface area (Å²) >= 11 is 0. The Morgan fingerprint density at radius 1 is 1.33 bits per heavy atom. The smallest absolute Gasteiger partial charge is 0.248 e. The average Bonchev–Trinajstić information content (AvgIpc) is 2.99. The normalized spacial score (nSPS) is 18.9. The van der Waals surface area contributed by atoms with Crippen molar-refractivity contribution in [1.29, 1.82) is 0 Å². The Labute approximate surface area is 125 Å². The molecule has 21 heavy (non-hydrogen) atoms. The lowest BCUT2D eigenvalue weighted by Crippen LogP contribution is -2.47. The highest BCUT2D eigenvalue weighted by Crippen LogP contribution is 2.26. The second kappa shape index (κ2) is 5.50. The number of likely N-dealkylation sites (tertiary alicyclic amines) is 1. The van der Waals surface area contributed by atoms with Crippen LogP contribution in [0.15, 0.2) is 0 Å². The van der Waals surface area contributed by atoms with Crippen molar-refractivity contribution in [3.63, 3.8) is 0 Å². The molecule has 2 N–H and O–H groups in total. The highest BCUT2D eigenvalue weighted by Gasteiger charge is 2.38. The Morgan fingerprint density at radius 3 is 2.52 bits per heavy atom. The summed E-state index contributed by atoms with van der Waals surface area (Å²) in [6, 6.07) is -0.395. The maximum absolute atomic E-state index is 12.5. The third-order valence-electron chi connectivity index (χ3n) is 3.95. The topological polar surface area (TPSA) is 78.1 Å². The molecule has 0 saturated carbocycles. The molecule has 0 radical (unpaired) electrons. The van der Waals surface area contributed by atoms with E-state index >= 15 is 0 Å². The molecular formula is C15H24N4O2. The van der Waals surface area contributed by atoms with Gasteiger partial charge in [0.2, 0.25) is 11.8 Å². The summed E-state index contributed by atoms with van der Waals surface area (Å²) in [7, 11) is 0. The molecule has 1 aromatic rings. The predicted molar refractivity (Wildman–Crippen MR) is 80.9 cm³/mol. The van der Waals surface area contributed by atoms with Crippen molar-refractivity contribution in [1.82, 2.24) is 15.1 Å². The van der Waals surface area contributed by atoms with Gasteiger partial charge in [-0.2, -0.15) is 5.10 Å². The number of hydrogen-bond acceptors (Lipinski definition) is 3. The van der Waals surface area contributed by atoms with Gasteiger partial charge in [-0.05, 0) is 26.7 Å². The molecule has 1 unspecified atom stereocenters. The van der Waals surface area contributed by atoms with E-state index in [2.05, 4.69) is 15.5 Å². The molecule has 6 nitrogen and oxygen atoms in total. The summed E-state index contributed by atoms with van der Waals surface area (Å²) < 4.78 is 0. The van der Waals surface area contributed by atoms with Gasteiger partial charge in [-0.1, -0.05) is 20.8 Å². The molecule has 1 fully saturated rings. The molecule has 6 heteroatoms. The van der Waals surface area contributed by atoms with Gasteiger partial charge in [0.05, 0.1) is 0 Å². The van der Waals surface area contributed by atoms with Crippen LogP contribution in [0.3, 0.4) is 0 Å². The quantitative estimate of drug-likeness (QED) is 0.875. The van der Waals surface area contributed by atoms with Gasteiger partial charge >= 0.3 is 0 Å². The highest BCUT2D eigenvalue weighted by atomic mass is 16.2. The zero-order chi connectivity index (χ0) is 15.8. The standard InChI is InChI=1S/C15H24N4O2/c1-9-10(2)17-18-12(9)16-13(20)11-7-6-8-19(11)14(21)15(3,4)5/h11H,6-8H2,1-5H3,(H2,16,17,18,20). The highest BCUT2D eigenvalue weighted by molar-refractivity contribution is 5.98. The van der Waals surface area contributed by atoms with Gasteiger partial charge < -0.3 is 10.2 Å². The predicted octanol–water partition coefficient (Wildman–Crippen LogP) is 2.00. The molecule has 1 saturated heterocycles. The van der Waals surface area contributed by atoms with Gasteiger partial charge in [0, 0.05) is 23.2 Å². The van der Waals surface area contributed by atoms with E-state index in [1.807, 2.05) is 34.6 Å². The van der Waals surface area contributed by atoms with Crippen molar-refractivity contribution < 1.29 is 9.59 Å². The summed E-state index contributed by atoms with van der Waals surface area (Å²) in [5.41, 5.74) is 1.39. The third-order valence-corrected chi connectivity index (χ3v) is 3.95. The molecule has 2 rings (SSSR count). The Hall–Kier alpha value is -1.85. The SMILES string of the molecule is Cc1[nH]nc(NC(=O)C2CCCN2C(=O)C(C)(C)C)c1C. The van der Waals surface area contributed by atoms with Gasteiger partial charge in [-0.15, -0.1) is 0 Å². The summed E-state index contributed by atoms with van der Waals surface area (Å²) in [4.78, 5) is 26.6. The molecule has 1 atom stereocenters. The summed E-state index contributed by atoms with van der Waals surface area (Å²) in [5, 5.41) is 9.76. The number of nitrogens with one attached hydrogen (secondary N) is 2. The second-order valence-corrected chi connectivity index (χ2v) is 6.72. The monoisotopic (exact) mass is 292 g/mol. The number of H-pyrrole nitrogens is 1. The molecule has 116 valence electrons. The van der Waals surface area contributed by atoms with Crippen LogP contribution in [0.25, 0.3) is 0 Å². The van der Waals surface area contributed by atoms with Crippen molar-refractivity contribution in [3.8, 4) is 0 Å². The van der Waals surface area contributed by atoms with Crippen LogP contribution in [0.4, 0.5) is 5.82 Å². The van der Waals surface area contributed by atoms with E-state index in [1.165, 1.54) is 0 Å². The third kappa shape index (κ3) is 3.09. The van der Waals surface area contributed by atoms with Crippen LogP contribution in [-0.2, 0) is 9.59 Å². The number of amides is 2. The lowest BCUT2D eigenvalue weighted by atomic mass is 9.94. The van der Waals surface area contributed by atoms with E-state index in [0.717, 1.165) is 17.7 Å². The molecule has 0 bridgehead atoms. The summed E-state index contributed by atoms with van der Waals surface area (Å²) in [6.45, 7) is 10.1. The summed E-state index contributed by atoms with van der Waals surface area (Å²) in [6.07, 6.45) is 1.56. The zero-order valence-electron chi connectivity index (χ0n) is 13.4. The van der Waals surface area contributed by atoms with E-state index < -0.39 is 11.5 Å². The first kappa shape index (κ1) is 15.5. The molecule has 2 amide bonds. The fourth-order valence-corrected chi connectivity index (χ4v) is 2.52. The van der Waals surface area contributed by atoms with Crippen molar-refractivity contribution >= 4 is 17.6 Å². The van der Waals surface area contributed by atoms with Crippen LogP contribution in [0.5, 0.6) is 0 Å². The Morgan fingerprint density at radius 2 is 2.00 bits per heavy atom. The van der Waals surface area contributed by atoms with E-state index in [0.29, 0.717) is 18.8 Å². The average molecular weight is 292 g/mol. The number of hydrogen-bond donors (Lipinski definition) is 2. The molecular weight excluding hydrogens is 268 g/mol. The molecule has 2 heterocycles. The first-order valence-corrected chi connectivity index (χ1v) is 7.35. The van der Waals surface area contributed by atoms with Crippen LogP contribution in [0.2, 0.25) is 0 Å². The Kier molecular flexibility index (Phi) is 4.07. The maximum Gasteiger partial charge on any atom is 0.248 e. The molecule has 0 aliphatic carbocycles. The number of rotatable bonds is 2. The first-order chi connectivity index (χ1) is 9.71. The van der Waals surface area contributed by atoms with E-state index in [-0.39, 0.29) is 11.8 Å². The van der Waals surface area contributed by atoms with Crippen LogP contribution in [0.1, 0.15) is 44.9 Å². The number of aromatic nitrogens is 2. The van der Waals surface area contributed by atoms with Crippen LogP contribution >= 0.6 is 0 Å². The fraction of sp³-hybridized carbons (Fsp3) is 0.667. The number of aromatic amines is 1. The van der Waals surface area contributed by atoms with Gasteiger partial charge in [0.25, 0.3) is 0 Å². The minimum Gasteiger partial charge on any atom is -0.330 e. The van der Waals surface area contributed by atoms with Crippen molar-refractivity contribution in [2.45, 2.75) is 53.5 Å². The van der Waals surface area contributed by atoms with Crippen LogP contribution < -0.4 is 5.32 Å². The van der Waals surface area contributed by atoms with Crippen LogP contribution in [-0.4, -0.2) is 39.5 Å². The molecule has 0 aromatic carbocycles. The number of aryl methyl sites for hydroxylation is 1. The largest absolute Gasteiger partial charge is 0.330 e. The Balaban J connectivity index is 2.11. The lowest BCUT2D eigenvalue weighted by Gasteiger charge is -2.30. The number of carbonyl (C=O) groups excluding carboxylic acids is 2. The van der Waals surface area contributed by atoms with Gasteiger partial charge in [-0.25, -0.2) is 0 Å². The minimum atomic E-state index is -0.471. The lowest BCUT2D eigenvalue weighted by molar-refractivity contribution is -0.143. The molecule has 1 aliphatic heterocycles. The fourth-order valence-electron chi connectivity index (χ4n) is 2.52. The molecule has 0 spiro atoms. The number of carbonyl (C=O) groups is 2. The van der Waals surface area contributed by atoms with E-state index in [1.54, 1.807) is 4.90 Å². The first-order valence-electron chi connectivity index (χ1n) is 7.35. The van der Waals surface area contributed by atoms with Gasteiger partial charge in [-0.3, -0.25) is 14.7 Å². The molecule has 1 aliphatic rings.